The molecule has 0 bridgehead atoms. The highest BCUT2D eigenvalue weighted by molar-refractivity contribution is 7.10. The van der Waals surface area contributed by atoms with Crippen LogP contribution in [0.4, 0.5) is 0 Å². The van der Waals surface area contributed by atoms with Crippen LogP contribution in [0.25, 0.3) is 0 Å². The summed E-state index contributed by atoms with van der Waals surface area (Å²) >= 11 is 3.42. The molecule has 178 valence electrons. The van der Waals surface area contributed by atoms with Crippen molar-refractivity contribution in [3.63, 3.8) is 0 Å². The smallest absolute Gasteiger partial charge is 0.260 e. The second-order valence-corrected chi connectivity index (χ2v) is 10.1. The third kappa shape index (κ3) is 4.55. The van der Waals surface area contributed by atoms with E-state index in [9.17, 15) is 9.59 Å². The highest BCUT2D eigenvalue weighted by Crippen LogP contribution is 2.40. The third-order valence-corrected chi connectivity index (χ3v) is 8.09. The van der Waals surface area contributed by atoms with Gasteiger partial charge in [-0.3, -0.25) is 9.59 Å². The van der Waals surface area contributed by atoms with E-state index in [2.05, 4.69) is 17.5 Å². The zero-order valence-electron chi connectivity index (χ0n) is 18.9. The lowest BCUT2D eigenvalue weighted by atomic mass is 9.97. The molecule has 1 aromatic carbocycles. The van der Waals surface area contributed by atoms with Crippen LogP contribution < -0.4 is 9.47 Å². The lowest BCUT2D eigenvalue weighted by molar-refractivity contribution is -0.137. The van der Waals surface area contributed by atoms with Gasteiger partial charge in [-0.2, -0.15) is 0 Å². The molecule has 2 aliphatic heterocycles. The van der Waals surface area contributed by atoms with E-state index in [-0.39, 0.29) is 24.5 Å². The summed E-state index contributed by atoms with van der Waals surface area (Å²) in [4.78, 5) is 32.2. The van der Waals surface area contributed by atoms with Crippen LogP contribution in [0.15, 0.2) is 47.2 Å². The van der Waals surface area contributed by atoms with E-state index >= 15 is 0 Å². The minimum absolute atomic E-state index is 0.0514. The standard InChI is InChI=1S/C25H26N2O5S2/c1-30-20-15-17(4-5-19(20)32-16-23(28)26-9-11-31-12-10-26)25(29)27-8-6-21-18(7-14-34-21)24(27)22-3-2-13-33-22/h2-5,7,13-15,24H,6,8-12,16H2,1H3. The lowest BCUT2D eigenvalue weighted by Gasteiger charge is -2.35. The van der Waals surface area contributed by atoms with Gasteiger partial charge in [0.15, 0.2) is 18.1 Å². The molecule has 4 heterocycles. The van der Waals surface area contributed by atoms with Gasteiger partial charge in [0, 0.05) is 35.0 Å². The molecule has 1 saturated heterocycles. The van der Waals surface area contributed by atoms with Gasteiger partial charge in [0.2, 0.25) is 0 Å². The Hall–Kier alpha value is -2.88. The third-order valence-electron chi connectivity index (χ3n) is 6.16. The number of benzene rings is 1. The predicted octanol–water partition coefficient (Wildman–Crippen LogP) is 3.84. The summed E-state index contributed by atoms with van der Waals surface area (Å²) in [6.07, 6.45) is 0.850. The largest absolute Gasteiger partial charge is 0.493 e. The first-order valence-corrected chi connectivity index (χ1v) is 13.0. The zero-order valence-corrected chi connectivity index (χ0v) is 20.5. The van der Waals surface area contributed by atoms with Crippen molar-refractivity contribution in [1.82, 2.24) is 9.80 Å². The highest BCUT2D eigenvalue weighted by atomic mass is 32.1. The van der Waals surface area contributed by atoms with Crippen LogP contribution in [0.1, 0.15) is 31.7 Å². The molecule has 2 amide bonds. The number of methoxy groups -OCH3 is 1. The van der Waals surface area contributed by atoms with E-state index in [4.69, 9.17) is 14.2 Å². The van der Waals surface area contributed by atoms with Crippen LogP contribution in [0.3, 0.4) is 0 Å². The van der Waals surface area contributed by atoms with E-state index < -0.39 is 0 Å². The Morgan fingerprint density at radius 1 is 1.06 bits per heavy atom. The monoisotopic (exact) mass is 498 g/mol. The molecule has 0 radical (unpaired) electrons. The van der Waals surface area contributed by atoms with E-state index in [1.54, 1.807) is 45.8 Å². The Balaban J connectivity index is 1.34. The molecule has 0 aliphatic carbocycles. The van der Waals surface area contributed by atoms with Crippen molar-refractivity contribution in [3.05, 3.63) is 68.0 Å². The molecular formula is C25H26N2O5S2. The first kappa shape index (κ1) is 22.9. The Morgan fingerprint density at radius 2 is 1.91 bits per heavy atom. The molecule has 1 unspecified atom stereocenters. The second-order valence-electron chi connectivity index (χ2n) is 8.11. The molecule has 1 fully saturated rings. The molecule has 0 saturated carbocycles. The van der Waals surface area contributed by atoms with Gasteiger partial charge >= 0.3 is 0 Å². The van der Waals surface area contributed by atoms with Gasteiger partial charge in [0.05, 0.1) is 26.4 Å². The van der Waals surface area contributed by atoms with Crippen LogP contribution in [-0.2, 0) is 16.0 Å². The summed E-state index contributed by atoms with van der Waals surface area (Å²) in [5.41, 5.74) is 1.74. The maximum atomic E-state index is 13.7. The molecule has 0 spiro atoms. The van der Waals surface area contributed by atoms with Crippen LogP contribution in [0.2, 0.25) is 0 Å². The highest BCUT2D eigenvalue weighted by Gasteiger charge is 2.34. The SMILES string of the molecule is COc1cc(C(=O)N2CCc3sccc3C2c2cccs2)ccc1OCC(=O)N1CCOCC1. The summed E-state index contributed by atoms with van der Waals surface area (Å²) in [6, 6.07) is 11.3. The minimum Gasteiger partial charge on any atom is -0.493 e. The van der Waals surface area contributed by atoms with Crippen LogP contribution in [0, 0.1) is 0 Å². The summed E-state index contributed by atoms with van der Waals surface area (Å²) in [5.74, 6) is 0.726. The van der Waals surface area contributed by atoms with Gasteiger partial charge in [-0.15, -0.1) is 22.7 Å². The Kier molecular flexibility index (Phi) is 6.85. The number of fused-ring (bicyclic) bond motifs is 1. The average Bonchev–Trinajstić information content (AvgIpc) is 3.59. The van der Waals surface area contributed by atoms with E-state index in [0.717, 1.165) is 11.3 Å². The Labute approximate surface area is 206 Å². The number of morpholine rings is 1. The van der Waals surface area contributed by atoms with Crippen molar-refractivity contribution in [3.8, 4) is 11.5 Å². The fourth-order valence-electron chi connectivity index (χ4n) is 4.42. The predicted molar refractivity (Wildman–Crippen MR) is 131 cm³/mol. The maximum absolute atomic E-state index is 13.7. The van der Waals surface area contributed by atoms with Crippen molar-refractivity contribution in [2.45, 2.75) is 12.5 Å². The average molecular weight is 499 g/mol. The molecule has 3 aromatic rings. The number of carbonyl (C=O) groups is 2. The van der Waals surface area contributed by atoms with E-state index in [1.807, 2.05) is 16.3 Å². The lowest BCUT2D eigenvalue weighted by Crippen LogP contribution is -2.43. The summed E-state index contributed by atoms with van der Waals surface area (Å²) in [6.45, 7) is 2.80. The molecule has 1 atom stereocenters. The van der Waals surface area contributed by atoms with E-state index in [0.29, 0.717) is 49.9 Å². The molecule has 34 heavy (non-hydrogen) atoms. The second kappa shape index (κ2) is 10.2. The normalized spacial score (nSPS) is 17.9. The Morgan fingerprint density at radius 3 is 2.68 bits per heavy atom. The molecule has 7 nitrogen and oxygen atoms in total. The van der Waals surface area contributed by atoms with Crippen LogP contribution in [-0.4, -0.2) is 68.2 Å². The quantitative estimate of drug-likeness (QED) is 0.517. The van der Waals surface area contributed by atoms with Gasteiger partial charge < -0.3 is 24.0 Å². The number of hydrogen-bond acceptors (Lipinski definition) is 7. The van der Waals surface area contributed by atoms with Crippen molar-refractivity contribution in [2.75, 3.05) is 46.6 Å². The Bertz CT molecular complexity index is 1150. The molecule has 2 aromatic heterocycles. The van der Waals surface area contributed by atoms with E-state index in [1.165, 1.54) is 17.6 Å². The first-order valence-electron chi connectivity index (χ1n) is 11.2. The summed E-state index contributed by atoms with van der Waals surface area (Å²) < 4.78 is 16.6. The van der Waals surface area contributed by atoms with Crippen LogP contribution in [0.5, 0.6) is 11.5 Å². The molecule has 5 rings (SSSR count). The first-order chi connectivity index (χ1) is 16.7. The number of thiophene rings is 2. The summed E-state index contributed by atoms with van der Waals surface area (Å²) in [5, 5.41) is 4.15. The van der Waals surface area contributed by atoms with Crippen molar-refractivity contribution < 1.29 is 23.8 Å². The number of nitrogens with zero attached hydrogens (tertiary/aromatic N) is 2. The number of hydrogen-bond donors (Lipinski definition) is 0. The maximum Gasteiger partial charge on any atom is 0.260 e. The zero-order chi connectivity index (χ0) is 23.5. The minimum atomic E-state index is -0.0934. The van der Waals surface area contributed by atoms with Crippen LogP contribution >= 0.6 is 22.7 Å². The van der Waals surface area contributed by atoms with Gasteiger partial charge in [-0.05, 0) is 53.1 Å². The molecule has 2 aliphatic rings. The van der Waals surface area contributed by atoms with Gasteiger partial charge in [0.1, 0.15) is 0 Å². The fraction of sp³-hybridized carbons (Fsp3) is 0.360. The number of ether oxygens (including phenoxy) is 3. The number of carbonyl (C=O) groups excluding carboxylic acids is 2. The topological polar surface area (TPSA) is 68.3 Å². The van der Waals surface area contributed by atoms with Gasteiger partial charge in [0.25, 0.3) is 11.8 Å². The van der Waals surface area contributed by atoms with Gasteiger partial charge in [-0.25, -0.2) is 0 Å². The number of rotatable bonds is 6. The van der Waals surface area contributed by atoms with Crippen molar-refractivity contribution in [1.29, 1.82) is 0 Å². The molecular weight excluding hydrogens is 472 g/mol. The molecule has 0 N–H and O–H groups in total. The fourth-order valence-corrected chi connectivity index (χ4v) is 6.18. The summed E-state index contributed by atoms with van der Waals surface area (Å²) in [7, 11) is 1.53. The van der Waals surface area contributed by atoms with Gasteiger partial charge in [-0.1, -0.05) is 6.07 Å². The van der Waals surface area contributed by atoms with Crippen molar-refractivity contribution >= 4 is 34.5 Å². The van der Waals surface area contributed by atoms with Crippen molar-refractivity contribution in [2.24, 2.45) is 0 Å². The number of amides is 2. The molecule has 9 heteroatoms.